The Bertz CT molecular complexity index is 1220. The third-order valence-corrected chi connectivity index (χ3v) is 6.88. The number of unbranched alkanes of at least 4 members (excludes halogenated alkanes) is 10. The Hall–Kier alpha value is -3.37. The van der Waals surface area contributed by atoms with Gasteiger partial charge in [-0.1, -0.05) is 101 Å². The zero-order chi connectivity index (χ0) is 31.5. The molecule has 0 saturated heterocycles. The molecule has 2 rings (SSSR count). The van der Waals surface area contributed by atoms with Crippen LogP contribution in [0.1, 0.15) is 96.5 Å². The van der Waals surface area contributed by atoms with Crippen LogP contribution in [0.4, 0.5) is 21.0 Å². The number of carbonyl (C=O) groups excluding carboxylic acids is 2. The van der Waals surface area contributed by atoms with Crippen LogP contribution in [-0.4, -0.2) is 36.3 Å². The average Bonchev–Trinajstić information content (AvgIpc) is 2.97. The molecule has 43 heavy (non-hydrogen) atoms. The number of ether oxygens (including phenoxy) is 4. The highest BCUT2D eigenvalue weighted by atomic mass is 35.5. The lowest BCUT2D eigenvalue weighted by Crippen LogP contribution is -2.18. The largest absolute Gasteiger partial charge is 0.515 e. The van der Waals surface area contributed by atoms with Gasteiger partial charge < -0.3 is 18.9 Å². The molecular formula is C31H40Cl2N2O8. The molecule has 236 valence electrons. The third-order valence-electron chi connectivity index (χ3n) is 6.35. The summed E-state index contributed by atoms with van der Waals surface area (Å²) in [4.78, 5) is 40.0. The summed E-state index contributed by atoms with van der Waals surface area (Å²) >= 11 is 12.5. The molecule has 0 aromatic heterocycles. The minimum Gasteiger partial charge on any atom is -0.434 e. The van der Waals surface area contributed by atoms with Gasteiger partial charge in [0.15, 0.2) is 0 Å². The molecule has 2 aromatic rings. The molecule has 0 radical (unpaired) electrons. The number of rotatable bonds is 18. The number of nitro groups is 1. The van der Waals surface area contributed by atoms with Gasteiger partial charge in [0, 0.05) is 17.2 Å². The van der Waals surface area contributed by atoms with Gasteiger partial charge in [0.05, 0.1) is 34.4 Å². The Morgan fingerprint density at radius 1 is 0.791 bits per heavy atom. The molecule has 0 spiro atoms. The molecule has 2 aromatic carbocycles. The van der Waals surface area contributed by atoms with E-state index in [2.05, 4.69) is 18.8 Å². The quantitative estimate of drug-likeness (QED) is 0.0300. The van der Waals surface area contributed by atoms with Crippen LogP contribution in [0, 0.1) is 10.1 Å². The first-order valence-electron chi connectivity index (χ1n) is 14.8. The molecule has 0 saturated carbocycles. The molecule has 0 N–H and O–H groups in total. The fourth-order valence-electron chi connectivity index (χ4n) is 4.01. The Kier molecular flexibility index (Phi) is 17.1. The maximum absolute atomic E-state index is 12.7. The first-order valence-corrected chi connectivity index (χ1v) is 15.5. The van der Waals surface area contributed by atoms with Gasteiger partial charge in [0.1, 0.15) is 5.75 Å². The molecule has 0 bridgehead atoms. The van der Waals surface area contributed by atoms with Gasteiger partial charge in [-0.3, -0.25) is 10.1 Å². The summed E-state index contributed by atoms with van der Waals surface area (Å²) in [5.74, 6) is -0.386. The van der Waals surface area contributed by atoms with E-state index >= 15 is 0 Å². The van der Waals surface area contributed by atoms with Crippen molar-refractivity contribution in [3.8, 4) is 5.75 Å². The molecule has 12 heteroatoms. The van der Waals surface area contributed by atoms with Crippen molar-refractivity contribution in [3.63, 3.8) is 0 Å². The summed E-state index contributed by atoms with van der Waals surface area (Å²) in [5, 5.41) is 11.3. The number of halogens is 2. The van der Waals surface area contributed by atoms with Gasteiger partial charge in [-0.05, 0) is 37.1 Å². The SMILES string of the molecule is CCCCCCCCOC(=O)OC(=Nc1ccc([N+](=O)[O-])cc1Cl)c1cc(Cl)ccc1OC(=O)OCCCCCCCC. The molecule has 0 fully saturated rings. The second kappa shape index (κ2) is 20.5. The molecule has 0 aliphatic carbocycles. The summed E-state index contributed by atoms with van der Waals surface area (Å²) in [6.45, 7) is 4.61. The Balaban J connectivity index is 2.22. The van der Waals surface area contributed by atoms with Crippen molar-refractivity contribution in [2.75, 3.05) is 13.2 Å². The minimum atomic E-state index is -1.04. The number of aliphatic imine (C=N–C) groups is 1. The van der Waals surface area contributed by atoms with Crippen molar-refractivity contribution >= 4 is 52.8 Å². The number of nitro benzene ring substituents is 1. The summed E-state index contributed by atoms with van der Waals surface area (Å²) in [7, 11) is 0. The van der Waals surface area contributed by atoms with E-state index in [-0.39, 0.29) is 51.8 Å². The second-order valence-corrected chi connectivity index (χ2v) is 10.7. The second-order valence-electron chi connectivity index (χ2n) is 9.89. The van der Waals surface area contributed by atoms with Crippen LogP contribution < -0.4 is 4.74 Å². The number of hydrogen-bond donors (Lipinski definition) is 0. The third kappa shape index (κ3) is 14.1. The Labute approximate surface area is 262 Å². The van der Waals surface area contributed by atoms with Crippen LogP contribution in [0.5, 0.6) is 5.75 Å². The van der Waals surface area contributed by atoms with Crippen LogP contribution in [0.25, 0.3) is 0 Å². The molecular weight excluding hydrogens is 599 g/mol. The molecule has 0 aliphatic rings. The van der Waals surface area contributed by atoms with Crippen LogP contribution in [0.3, 0.4) is 0 Å². The summed E-state index contributed by atoms with van der Waals surface area (Å²) in [5.41, 5.74) is -0.151. The van der Waals surface area contributed by atoms with Crippen molar-refractivity contribution < 1.29 is 33.5 Å². The lowest BCUT2D eigenvalue weighted by molar-refractivity contribution is -0.384. The predicted molar refractivity (Wildman–Crippen MR) is 167 cm³/mol. The number of non-ortho nitro benzene ring substituents is 1. The summed E-state index contributed by atoms with van der Waals surface area (Å²) in [6, 6.07) is 7.89. The lowest BCUT2D eigenvalue weighted by atomic mass is 10.1. The number of hydrogen-bond acceptors (Lipinski definition) is 9. The van der Waals surface area contributed by atoms with Gasteiger partial charge in [0.25, 0.3) is 5.69 Å². The molecule has 0 aliphatic heterocycles. The highest BCUT2D eigenvalue weighted by Gasteiger charge is 2.22. The zero-order valence-corrected chi connectivity index (χ0v) is 26.3. The van der Waals surface area contributed by atoms with Crippen molar-refractivity contribution in [1.82, 2.24) is 0 Å². The van der Waals surface area contributed by atoms with Crippen molar-refractivity contribution in [2.45, 2.75) is 90.9 Å². The zero-order valence-electron chi connectivity index (χ0n) is 24.8. The maximum Gasteiger partial charge on any atom is 0.515 e. The van der Waals surface area contributed by atoms with Crippen LogP contribution in [-0.2, 0) is 14.2 Å². The highest BCUT2D eigenvalue weighted by molar-refractivity contribution is 6.33. The van der Waals surface area contributed by atoms with E-state index in [0.29, 0.717) is 12.8 Å². The van der Waals surface area contributed by atoms with Crippen LogP contribution in [0.2, 0.25) is 10.0 Å². The minimum absolute atomic E-state index is 0.0370. The first-order chi connectivity index (χ1) is 20.7. The monoisotopic (exact) mass is 638 g/mol. The van der Waals surface area contributed by atoms with Crippen molar-refractivity contribution in [1.29, 1.82) is 0 Å². The first kappa shape index (κ1) is 35.8. The Morgan fingerprint density at radius 2 is 1.37 bits per heavy atom. The van der Waals surface area contributed by atoms with Crippen LogP contribution >= 0.6 is 23.2 Å². The molecule has 0 heterocycles. The van der Waals surface area contributed by atoms with Gasteiger partial charge in [-0.2, -0.15) is 0 Å². The highest BCUT2D eigenvalue weighted by Crippen LogP contribution is 2.32. The summed E-state index contributed by atoms with van der Waals surface area (Å²) < 4.78 is 21.3. The number of nitrogens with zero attached hydrogens (tertiary/aromatic N) is 2. The number of benzene rings is 2. The fraction of sp³-hybridized carbons (Fsp3) is 0.516. The van der Waals surface area contributed by atoms with Gasteiger partial charge in [-0.25, -0.2) is 14.6 Å². The molecule has 0 atom stereocenters. The Morgan fingerprint density at radius 3 is 1.95 bits per heavy atom. The van der Waals surface area contributed by atoms with Crippen LogP contribution in [0.15, 0.2) is 41.4 Å². The topological polar surface area (TPSA) is 127 Å². The standard InChI is InChI=1S/C31H40Cl2N2O8/c1-3-5-7-9-11-13-19-40-30(36)42-28-18-15-23(32)21-25(28)29(34-27-17-16-24(35(38)39)22-26(27)33)43-31(37)41-20-14-12-10-8-6-4-2/h15-18,21-22H,3-14,19-20H2,1-2H3. The van der Waals surface area contributed by atoms with E-state index in [1.807, 2.05) is 0 Å². The van der Waals surface area contributed by atoms with E-state index < -0.39 is 17.2 Å². The van der Waals surface area contributed by atoms with Crippen molar-refractivity contribution in [2.24, 2.45) is 4.99 Å². The van der Waals surface area contributed by atoms with Gasteiger partial charge >= 0.3 is 12.3 Å². The van der Waals surface area contributed by atoms with E-state index in [9.17, 15) is 19.7 Å². The average molecular weight is 640 g/mol. The predicted octanol–water partition coefficient (Wildman–Crippen LogP) is 10.4. The normalized spacial score (nSPS) is 11.2. The molecule has 0 amide bonds. The van der Waals surface area contributed by atoms with E-state index in [1.165, 1.54) is 36.8 Å². The smallest absolute Gasteiger partial charge is 0.434 e. The summed E-state index contributed by atoms with van der Waals surface area (Å²) in [6.07, 6.45) is 10.2. The van der Waals surface area contributed by atoms with E-state index in [4.69, 9.17) is 42.1 Å². The van der Waals surface area contributed by atoms with E-state index in [1.54, 1.807) is 0 Å². The number of carbonyl (C=O) groups is 2. The van der Waals surface area contributed by atoms with Gasteiger partial charge in [0.2, 0.25) is 5.90 Å². The fourth-order valence-corrected chi connectivity index (χ4v) is 4.40. The lowest BCUT2D eigenvalue weighted by Gasteiger charge is -2.13. The maximum atomic E-state index is 12.7. The molecule has 10 nitrogen and oxygen atoms in total. The van der Waals surface area contributed by atoms with Gasteiger partial charge in [-0.15, -0.1) is 0 Å². The molecule has 0 unspecified atom stereocenters. The van der Waals surface area contributed by atoms with Crippen molar-refractivity contribution in [3.05, 3.63) is 62.1 Å². The van der Waals surface area contributed by atoms with E-state index in [0.717, 1.165) is 63.9 Å².